The SMILES string of the molecule is CCC(C)NC(=O)C1N(C(=O)Cc2ccc3cc(-c4cc(OC)c(OC)c(OC)c4)ccc3c2)CC1(C)C. The third-order valence-corrected chi connectivity index (χ3v) is 7.46. The van der Waals surface area contributed by atoms with Crippen LogP contribution in [0.3, 0.4) is 0 Å². The summed E-state index contributed by atoms with van der Waals surface area (Å²) in [7, 11) is 4.79. The lowest BCUT2D eigenvalue weighted by Gasteiger charge is -2.53. The Bertz CT molecular complexity index is 1320. The van der Waals surface area contributed by atoms with Gasteiger partial charge in [-0.25, -0.2) is 0 Å². The number of benzene rings is 3. The first-order valence-corrected chi connectivity index (χ1v) is 13.0. The smallest absolute Gasteiger partial charge is 0.243 e. The van der Waals surface area contributed by atoms with Crippen LogP contribution in [0.1, 0.15) is 39.7 Å². The zero-order chi connectivity index (χ0) is 27.6. The molecule has 0 radical (unpaired) electrons. The van der Waals surface area contributed by atoms with Crippen LogP contribution >= 0.6 is 0 Å². The van der Waals surface area contributed by atoms with Crippen LogP contribution in [-0.4, -0.2) is 56.7 Å². The molecule has 0 saturated carbocycles. The van der Waals surface area contributed by atoms with Crippen LogP contribution in [0.15, 0.2) is 48.5 Å². The molecule has 3 aromatic carbocycles. The van der Waals surface area contributed by atoms with Crippen molar-refractivity contribution in [3.05, 3.63) is 54.1 Å². The van der Waals surface area contributed by atoms with Gasteiger partial charge in [-0.05, 0) is 59.0 Å². The highest BCUT2D eigenvalue weighted by Gasteiger charge is 2.52. The number of hydrogen-bond donors (Lipinski definition) is 1. The van der Waals surface area contributed by atoms with Gasteiger partial charge in [-0.15, -0.1) is 0 Å². The van der Waals surface area contributed by atoms with Gasteiger partial charge in [0.05, 0.1) is 27.8 Å². The van der Waals surface area contributed by atoms with Crippen molar-refractivity contribution in [2.75, 3.05) is 27.9 Å². The van der Waals surface area contributed by atoms with Crippen LogP contribution in [0.4, 0.5) is 0 Å². The van der Waals surface area contributed by atoms with Crippen LogP contribution in [0.2, 0.25) is 0 Å². The molecule has 2 unspecified atom stereocenters. The van der Waals surface area contributed by atoms with Gasteiger partial charge in [-0.3, -0.25) is 9.59 Å². The normalized spacial score (nSPS) is 16.9. The van der Waals surface area contributed by atoms with Crippen molar-refractivity contribution in [1.29, 1.82) is 0 Å². The fourth-order valence-electron chi connectivity index (χ4n) is 5.19. The van der Waals surface area contributed by atoms with E-state index in [0.29, 0.717) is 23.8 Å². The first-order valence-electron chi connectivity index (χ1n) is 13.0. The average Bonchev–Trinajstić information content (AvgIpc) is 2.90. The van der Waals surface area contributed by atoms with Crippen molar-refractivity contribution in [3.63, 3.8) is 0 Å². The Labute approximate surface area is 225 Å². The summed E-state index contributed by atoms with van der Waals surface area (Å²) in [5.41, 5.74) is 2.65. The maximum absolute atomic E-state index is 13.2. The van der Waals surface area contributed by atoms with E-state index in [1.807, 2.05) is 64.1 Å². The Morgan fingerprint density at radius 2 is 1.58 bits per heavy atom. The van der Waals surface area contributed by atoms with E-state index in [1.165, 1.54) is 0 Å². The first-order chi connectivity index (χ1) is 18.1. The van der Waals surface area contributed by atoms with Gasteiger partial charge in [0.15, 0.2) is 11.5 Å². The number of carbonyl (C=O) groups is 2. The highest BCUT2D eigenvalue weighted by Crippen LogP contribution is 2.42. The molecular weight excluding hydrogens is 480 g/mol. The molecule has 1 N–H and O–H groups in total. The van der Waals surface area contributed by atoms with Crippen LogP contribution in [0, 0.1) is 5.41 Å². The van der Waals surface area contributed by atoms with Crippen molar-refractivity contribution < 1.29 is 23.8 Å². The highest BCUT2D eigenvalue weighted by molar-refractivity contribution is 5.93. The second-order valence-corrected chi connectivity index (χ2v) is 10.7. The summed E-state index contributed by atoms with van der Waals surface area (Å²) >= 11 is 0. The number of hydrogen-bond acceptors (Lipinski definition) is 5. The number of nitrogens with zero attached hydrogens (tertiary/aromatic N) is 1. The van der Waals surface area contributed by atoms with E-state index in [0.717, 1.165) is 33.9 Å². The second kappa shape index (κ2) is 10.9. The maximum atomic E-state index is 13.2. The first kappa shape index (κ1) is 27.3. The average molecular weight is 519 g/mol. The lowest BCUT2D eigenvalue weighted by atomic mass is 9.74. The summed E-state index contributed by atoms with van der Waals surface area (Å²) in [4.78, 5) is 27.8. The number of nitrogens with one attached hydrogen (secondary N) is 1. The minimum atomic E-state index is -0.439. The van der Waals surface area contributed by atoms with Crippen LogP contribution in [0.25, 0.3) is 21.9 Å². The fourth-order valence-corrected chi connectivity index (χ4v) is 5.19. The standard InChI is InChI=1S/C31H38N2O5/c1-8-19(2)32-30(35)29-31(3,4)18-33(29)27(34)14-20-9-10-22-15-23(12-11-21(22)13-20)24-16-25(36-5)28(38-7)26(17-24)37-6/h9-13,15-17,19,29H,8,14,18H2,1-7H3,(H,32,35). The van der Waals surface area contributed by atoms with Crippen molar-refractivity contribution >= 4 is 22.6 Å². The molecule has 0 bridgehead atoms. The predicted molar refractivity (Wildman–Crippen MR) is 150 cm³/mol. The largest absolute Gasteiger partial charge is 0.493 e. The number of methoxy groups -OCH3 is 3. The molecule has 3 aromatic rings. The fraction of sp³-hybridized carbons (Fsp3) is 0.419. The summed E-state index contributed by atoms with van der Waals surface area (Å²) in [6.07, 6.45) is 1.11. The molecule has 0 spiro atoms. The van der Waals surface area contributed by atoms with Gasteiger partial charge in [0.25, 0.3) is 0 Å². The van der Waals surface area contributed by atoms with E-state index in [9.17, 15) is 9.59 Å². The number of rotatable bonds is 9. The van der Waals surface area contributed by atoms with E-state index in [2.05, 4.69) is 17.4 Å². The molecule has 1 aliphatic heterocycles. The molecule has 0 aliphatic carbocycles. The molecule has 202 valence electrons. The van der Waals surface area contributed by atoms with Crippen molar-refractivity contribution in [2.24, 2.45) is 5.41 Å². The van der Waals surface area contributed by atoms with E-state index in [-0.39, 0.29) is 29.7 Å². The van der Waals surface area contributed by atoms with Crippen molar-refractivity contribution in [3.8, 4) is 28.4 Å². The predicted octanol–water partition coefficient (Wildman–Crippen LogP) is 5.23. The minimum Gasteiger partial charge on any atom is -0.493 e. The van der Waals surface area contributed by atoms with Gasteiger partial charge in [0.2, 0.25) is 17.6 Å². The van der Waals surface area contributed by atoms with Crippen molar-refractivity contribution in [1.82, 2.24) is 10.2 Å². The molecule has 2 atom stereocenters. The quantitative estimate of drug-likeness (QED) is 0.420. The molecule has 4 rings (SSSR count). The third kappa shape index (κ3) is 5.28. The molecule has 2 amide bonds. The van der Waals surface area contributed by atoms with Gasteiger partial charge >= 0.3 is 0 Å². The van der Waals surface area contributed by atoms with Gasteiger partial charge in [0.1, 0.15) is 6.04 Å². The highest BCUT2D eigenvalue weighted by atomic mass is 16.5. The van der Waals surface area contributed by atoms with Crippen molar-refractivity contribution in [2.45, 2.75) is 52.6 Å². The minimum absolute atomic E-state index is 0.0259. The van der Waals surface area contributed by atoms with E-state index < -0.39 is 6.04 Å². The van der Waals surface area contributed by atoms with E-state index in [4.69, 9.17) is 14.2 Å². The third-order valence-electron chi connectivity index (χ3n) is 7.46. The summed E-state index contributed by atoms with van der Waals surface area (Å²) in [6.45, 7) is 8.68. The van der Waals surface area contributed by atoms with Gasteiger partial charge < -0.3 is 24.4 Å². The Morgan fingerprint density at radius 1 is 0.947 bits per heavy atom. The molecule has 38 heavy (non-hydrogen) atoms. The van der Waals surface area contributed by atoms with Crippen LogP contribution in [0.5, 0.6) is 17.2 Å². The Kier molecular flexibility index (Phi) is 7.86. The zero-order valence-corrected chi connectivity index (χ0v) is 23.4. The lowest BCUT2D eigenvalue weighted by Crippen LogP contribution is -2.69. The molecule has 1 heterocycles. The molecule has 0 aromatic heterocycles. The number of fused-ring (bicyclic) bond motifs is 1. The van der Waals surface area contributed by atoms with E-state index >= 15 is 0 Å². The number of ether oxygens (including phenoxy) is 3. The maximum Gasteiger partial charge on any atom is 0.243 e. The Morgan fingerprint density at radius 3 is 2.16 bits per heavy atom. The summed E-state index contributed by atoms with van der Waals surface area (Å²) in [5, 5.41) is 5.15. The van der Waals surface area contributed by atoms with E-state index in [1.54, 1.807) is 26.2 Å². The van der Waals surface area contributed by atoms with Crippen LogP contribution < -0.4 is 19.5 Å². The second-order valence-electron chi connectivity index (χ2n) is 10.7. The Balaban J connectivity index is 1.54. The molecule has 7 heteroatoms. The van der Waals surface area contributed by atoms with Gasteiger partial charge in [-0.1, -0.05) is 51.1 Å². The molecular formula is C31H38N2O5. The monoisotopic (exact) mass is 518 g/mol. The number of carbonyl (C=O) groups excluding carboxylic acids is 2. The lowest BCUT2D eigenvalue weighted by molar-refractivity contribution is -0.161. The number of likely N-dealkylation sites (tertiary alicyclic amines) is 1. The number of amides is 2. The Hall–Kier alpha value is -3.74. The molecule has 1 saturated heterocycles. The van der Waals surface area contributed by atoms with Crippen LogP contribution in [-0.2, 0) is 16.0 Å². The topological polar surface area (TPSA) is 77.1 Å². The van der Waals surface area contributed by atoms with Gasteiger partial charge in [0, 0.05) is 18.0 Å². The molecule has 1 fully saturated rings. The molecule has 1 aliphatic rings. The summed E-state index contributed by atoms with van der Waals surface area (Å²) in [5.74, 6) is 1.66. The molecule has 7 nitrogen and oxygen atoms in total. The van der Waals surface area contributed by atoms with Gasteiger partial charge in [-0.2, -0.15) is 0 Å². The zero-order valence-electron chi connectivity index (χ0n) is 23.4. The summed E-state index contributed by atoms with van der Waals surface area (Å²) in [6, 6.07) is 15.8. The summed E-state index contributed by atoms with van der Waals surface area (Å²) < 4.78 is 16.5.